The van der Waals surface area contributed by atoms with E-state index in [0.29, 0.717) is 49.5 Å². The van der Waals surface area contributed by atoms with Gasteiger partial charge in [-0.15, -0.1) is 0 Å². The molecular weight excluding hydrogens is 423 g/mol. The van der Waals surface area contributed by atoms with Gasteiger partial charge in [0.25, 0.3) is 0 Å². The Balaban J connectivity index is 1.58. The van der Waals surface area contributed by atoms with E-state index in [-0.39, 0.29) is 0 Å². The summed E-state index contributed by atoms with van der Waals surface area (Å²) in [4.78, 5) is 13.3. The molecule has 3 rings (SSSR count). The zero-order chi connectivity index (χ0) is 23.4. The molecule has 0 spiro atoms. The van der Waals surface area contributed by atoms with E-state index in [1.165, 1.54) is 20.1 Å². The zero-order valence-corrected chi connectivity index (χ0v) is 18.0. The molecule has 5 nitrogen and oxygen atoms in total. The maximum absolute atomic E-state index is 13.0. The van der Waals surface area contributed by atoms with E-state index in [9.17, 15) is 23.1 Å². The number of carbonyl (C=O) groups excluding carboxylic acids is 1. The number of halogens is 3. The molecule has 1 aliphatic heterocycles. The van der Waals surface area contributed by atoms with Gasteiger partial charge in [-0.25, -0.2) is 0 Å². The van der Waals surface area contributed by atoms with Crippen LogP contribution in [0.25, 0.3) is 6.08 Å². The Morgan fingerprint density at radius 1 is 1.16 bits per heavy atom. The Kier molecular flexibility index (Phi) is 7.26. The number of nitrogens with zero attached hydrogens (tertiary/aromatic N) is 1. The third-order valence-corrected chi connectivity index (χ3v) is 5.53. The number of methoxy groups -OCH3 is 1. The second kappa shape index (κ2) is 9.75. The van der Waals surface area contributed by atoms with Crippen LogP contribution in [-0.2, 0) is 16.6 Å². The van der Waals surface area contributed by atoms with Crippen molar-refractivity contribution in [3.05, 3.63) is 65.2 Å². The molecular formula is C24H26F3NO4. The highest BCUT2D eigenvalue weighted by Gasteiger charge is 2.36. The van der Waals surface area contributed by atoms with Crippen molar-refractivity contribution in [3.63, 3.8) is 0 Å². The Morgan fingerprint density at radius 3 is 2.50 bits per heavy atom. The number of aliphatic hydroxyl groups is 1. The van der Waals surface area contributed by atoms with E-state index in [2.05, 4.69) is 4.90 Å². The highest BCUT2D eigenvalue weighted by Crippen LogP contribution is 2.36. The summed E-state index contributed by atoms with van der Waals surface area (Å²) in [6.45, 7) is 3.07. The number of ether oxygens (including phenoxy) is 2. The number of carbonyl (C=O) groups is 1. The van der Waals surface area contributed by atoms with Gasteiger partial charge in [-0.05, 0) is 48.2 Å². The van der Waals surface area contributed by atoms with Crippen LogP contribution in [-0.4, -0.2) is 42.7 Å². The summed E-state index contributed by atoms with van der Waals surface area (Å²) in [6.07, 6.45) is 0.152. The van der Waals surface area contributed by atoms with Crippen LogP contribution in [0.4, 0.5) is 13.2 Å². The summed E-state index contributed by atoms with van der Waals surface area (Å²) in [5, 5.41) is 10.9. The van der Waals surface area contributed by atoms with Crippen molar-refractivity contribution >= 4 is 12.0 Å². The van der Waals surface area contributed by atoms with E-state index in [1.807, 2.05) is 12.2 Å². The van der Waals surface area contributed by atoms with Crippen molar-refractivity contribution in [1.29, 1.82) is 0 Å². The Bertz CT molecular complexity index is 979. The summed E-state index contributed by atoms with van der Waals surface area (Å²) < 4.78 is 49.3. The molecule has 172 valence electrons. The first-order chi connectivity index (χ1) is 15.1. The largest absolute Gasteiger partial charge is 0.493 e. The fourth-order valence-corrected chi connectivity index (χ4v) is 3.74. The lowest BCUT2D eigenvalue weighted by Gasteiger charge is -2.38. The molecule has 1 N–H and O–H groups in total. The molecule has 0 atom stereocenters. The number of hydrogen-bond donors (Lipinski definition) is 1. The molecule has 1 heterocycles. The smallest absolute Gasteiger partial charge is 0.416 e. The van der Waals surface area contributed by atoms with Crippen molar-refractivity contribution in [2.75, 3.05) is 26.7 Å². The van der Waals surface area contributed by atoms with Gasteiger partial charge in [0.05, 0.1) is 18.3 Å². The highest BCUT2D eigenvalue weighted by molar-refractivity contribution is 5.71. The zero-order valence-electron chi connectivity index (χ0n) is 18.0. The lowest BCUT2D eigenvalue weighted by atomic mass is 9.83. The molecule has 1 fully saturated rings. The quantitative estimate of drug-likeness (QED) is 0.515. The lowest BCUT2D eigenvalue weighted by molar-refractivity contribution is -0.138. The van der Waals surface area contributed by atoms with Crippen molar-refractivity contribution in [2.24, 2.45) is 0 Å². The molecule has 32 heavy (non-hydrogen) atoms. The molecule has 0 radical (unpaired) electrons. The first-order valence-corrected chi connectivity index (χ1v) is 10.3. The van der Waals surface area contributed by atoms with Crippen LogP contribution in [0, 0.1) is 0 Å². The third-order valence-electron chi connectivity index (χ3n) is 5.53. The summed E-state index contributed by atoms with van der Waals surface area (Å²) in [6, 6.07) is 10.2. The molecule has 0 aromatic heterocycles. The number of benzene rings is 2. The molecule has 1 aliphatic rings. The number of hydrogen-bond acceptors (Lipinski definition) is 5. The second-order valence-corrected chi connectivity index (χ2v) is 7.82. The predicted octanol–water partition coefficient (Wildman–Crippen LogP) is 4.64. The average Bonchev–Trinajstić information content (AvgIpc) is 2.75. The molecule has 2 aromatic rings. The molecule has 0 bridgehead atoms. The van der Waals surface area contributed by atoms with Crippen molar-refractivity contribution < 1.29 is 32.5 Å². The number of rotatable bonds is 6. The van der Waals surface area contributed by atoms with Gasteiger partial charge in [0.2, 0.25) is 0 Å². The minimum Gasteiger partial charge on any atom is -0.493 e. The topological polar surface area (TPSA) is 59.0 Å². The monoisotopic (exact) mass is 449 g/mol. The van der Waals surface area contributed by atoms with E-state index < -0.39 is 23.3 Å². The lowest BCUT2D eigenvalue weighted by Crippen LogP contribution is -2.42. The molecule has 0 aliphatic carbocycles. The number of likely N-dealkylation sites (tertiary alicyclic amines) is 1. The van der Waals surface area contributed by atoms with Crippen molar-refractivity contribution in [2.45, 2.75) is 31.5 Å². The van der Waals surface area contributed by atoms with Crippen LogP contribution in [0.1, 0.15) is 36.5 Å². The van der Waals surface area contributed by atoms with Crippen LogP contribution in [0.5, 0.6) is 11.5 Å². The molecule has 8 heteroatoms. The second-order valence-electron chi connectivity index (χ2n) is 7.82. The Morgan fingerprint density at radius 2 is 1.88 bits per heavy atom. The van der Waals surface area contributed by atoms with Crippen molar-refractivity contribution in [1.82, 2.24) is 4.90 Å². The SMILES string of the molecule is COc1cc(C=CCN2CCC(O)(c3cccc(C(F)(F)F)c3)CC2)ccc1OC(C)=O. The number of esters is 1. The van der Waals surface area contributed by atoms with Gasteiger partial charge in [-0.1, -0.05) is 30.4 Å². The minimum absolute atomic E-state index is 0.308. The first-order valence-electron chi connectivity index (χ1n) is 10.3. The maximum atomic E-state index is 13.0. The molecule has 0 saturated carbocycles. The van der Waals surface area contributed by atoms with Crippen LogP contribution >= 0.6 is 0 Å². The van der Waals surface area contributed by atoms with Crippen LogP contribution in [0.2, 0.25) is 0 Å². The summed E-state index contributed by atoms with van der Waals surface area (Å²) in [5.41, 5.74) is -0.830. The third kappa shape index (κ3) is 5.89. The fraction of sp³-hybridized carbons (Fsp3) is 0.375. The van der Waals surface area contributed by atoms with Gasteiger partial charge in [-0.3, -0.25) is 9.69 Å². The Labute approximate surface area is 185 Å². The Hall–Kier alpha value is -2.84. The van der Waals surface area contributed by atoms with E-state index >= 15 is 0 Å². The standard InChI is InChI=1S/C24H26F3NO4/c1-17(29)32-21-9-8-18(15-22(21)31-2)5-4-12-28-13-10-23(30,11-14-28)19-6-3-7-20(16-19)24(25,26)27/h3-9,15-16,30H,10-14H2,1-2H3. The minimum atomic E-state index is -4.43. The number of piperidine rings is 1. The molecule has 1 saturated heterocycles. The summed E-state index contributed by atoms with van der Waals surface area (Å²) in [7, 11) is 1.50. The average molecular weight is 449 g/mol. The molecule has 0 unspecified atom stereocenters. The van der Waals surface area contributed by atoms with Gasteiger partial charge < -0.3 is 14.6 Å². The van der Waals surface area contributed by atoms with Gasteiger partial charge in [0, 0.05) is 26.6 Å². The van der Waals surface area contributed by atoms with Crippen LogP contribution < -0.4 is 9.47 Å². The van der Waals surface area contributed by atoms with Gasteiger partial charge in [0.15, 0.2) is 11.5 Å². The first kappa shape index (κ1) is 23.8. The van der Waals surface area contributed by atoms with Gasteiger partial charge in [0.1, 0.15) is 0 Å². The van der Waals surface area contributed by atoms with E-state index in [1.54, 1.807) is 24.3 Å². The van der Waals surface area contributed by atoms with Crippen molar-refractivity contribution in [3.8, 4) is 11.5 Å². The number of alkyl halides is 3. The molecule has 0 amide bonds. The van der Waals surface area contributed by atoms with Gasteiger partial charge >= 0.3 is 12.1 Å². The fourth-order valence-electron chi connectivity index (χ4n) is 3.74. The highest BCUT2D eigenvalue weighted by atomic mass is 19.4. The van der Waals surface area contributed by atoms with Crippen LogP contribution in [0.3, 0.4) is 0 Å². The summed E-state index contributed by atoms with van der Waals surface area (Å²) in [5.74, 6) is 0.371. The van der Waals surface area contributed by atoms with E-state index in [4.69, 9.17) is 9.47 Å². The molecule has 2 aromatic carbocycles. The van der Waals surface area contributed by atoms with E-state index in [0.717, 1.165) is 17.7 Å². The van der Waals surface area contributed by atoms with Gasteiger partial charge in [-0.2, -0.15) is 13.2 Å². The van der Waals surface area contributed by atoms with Crippen LogP contribution in [0.15, 0.2) is 48.5 Å². The normalized spacial score (nSPS) is 16.8. The summed E-state index contributed by atoms with van der Waals surface area (Å²) >= 11 is 0. The maximum Gasteiger partial charge on any atom is 0.416 e. The predicted molar refractivity (Wildman–Crippen MR) is 114 cm³/mol.